The monoisotopic (exact) mass is 337 g/mol. The van der Waals surface area contributed by atoms with Crippen molar-refractivity contribution in [3.8, 4) is 0 Å². The van der Waals surface area contributed by atoms with Gasteiger partial charge in [-0.05, 0) is 12.5 Å². The Balaban J connectivity index is 2.46. The van der Waals surface area contributed by atoms with E-state index in [1.807, 2.05) is 30.3 Å². The van der Waals surface area contributed by atoms with Gasteiger partial charge in [-0.3, -0.25) is 4.79 Å². The Kier molecular flexibility index (Phi) is 4.95. The average molecular weight is 338 g/mol. The first-order valence-electron chi connectivity index (χ1n) is 6.48. The highest BCUT2D eigenvalue weighted by atomic mass is 79.9. The Labute approximate surface area is 126 Å². The Morgan fingerprint density at radius 1 is 1.40 bits per heavy atom. The number of ether oxygens (including phenoxy) is 1. The van der Waals surface area contributed by atoms with Gasteiger partial charge in [-0.2, -0.15) is 0 Å². The summed E-state index contributed by atoms with van der Waals surface area (Å²) >= 11 is 3.32. The van der Waals surface area contributed by atoms with E-state index in [0.717, 1.165) is 5.56 Å². The molecule has 0 bridgehead atoms. The highest BCUT2D eigenvalue weighted by molar-refractivity contribution is 9.09. The lowest BCUT2D eigenvalue weighted by Crippen LogP contribution is -2.35. The van der Waals surface area contributed by atoms with E-state index < -0.39 is 0 Å². The van der Waals surface area contributed by atoms with Crippen molar-refractivity contribution in [1.82, 2.24) is 5.32 Å². The standard InChI is InChI=1S/C15H16BrNO3/c1-2-20-15(19)14-11(10-6-4-3-5-7-10)8-13(18)17-12(14)9-16/h3-7,11H,2,8-9H2,1H3,(H,17,18). The van der Waals surface area contributed by atoms with E-state index >= 15 is 0 Å². The van der Waals surface area contributed by atoms with Crippen LogP contribution in [0.3, 0.4) is 0 Å². The third-order valence-corrected chi connectivity index (χ3v) is 3.75. The topological polar surface area (TPSA) is 55.4 Å². The lowest BCUT2D eigenvalue weighted by molar-refractivity contribution is -0.139. The average Bonchev–Trinajstić information content (AvgIpc) is 2.47. The molecule has 0 aromatic heterocycles. The fourth-order valence-corrected chi connectivity index (χ4v) is 2.78. The van der Waals surface area contributed by atoms with Gasteiger partial charge in [0.2, 0.25) is 5.91 Å². The molecule has 1 amide bonds. The van der Waals surface area contributed by atoms with Crippen molar-refractivity contribution in [2.24, 2.45) is 0 Å². The molecular formula is C15H16BrNO3. The summed E-state index contributed by atoms with van der Waals surface area (Å²) in [6.45, 7) is 2.08. The van der Waals surface area contributed by atoms with E-state index in [9.17, 15) is 9.59 Å². The van der Waals surface area contributed by atoms with Gasteiger partial charge < -0.3 is 10.1 Å². The van der Waals surface area contributed by atoms with Crippen molar-refractivity contribution in [2.75, 3.05) is 11.9 Å². The van der Waals surface area contributed by atoms with Gasteiger partial charge in [0.1, 0.15) is 0 Å². The number of allylic oxidation sites excluding steroid dienone is 1. The molecule has 1 atom stereocenters. The van der Waals surface area contributed by atoms with Crippen LogP contribution in [0.2, 0.25) is 0 Å². The molecule has 1 unspecified atom stereocenters. The van der Waals surface area contributed by atoms with Crippen LogP contribution >= 0.6 is 15.9 Å². The molecule has 0 spiro atoms. The summed E-state index contributed by atoms with van der Waals surface area (Å²) in [4.78, 5) is 24.0. The molecular weight excluding hydrogens is 322 g/mol. The van der Waals surface area contributed by atoms with Crippen LogP contribution in [0.4, 0.5) is 0 Å². The summed E-state index contributed by atoms with van der Waals surface area (Å²) in [5.41, 5.74) is 2.08. The van der Waals surface area contributed by atoms with Gasteiger partial charge in [0, 0.05) is 23.4 Å². The molecule has 20 heavy (non-hydrogen) atoms. The highest BCUT2D eigenvalue weighted by Crippen LogP contribution is 2.33. The maximum absolute atomic E-state index is 12.2. The molecule has 0 radical (unpaired) electrons. The molecule has 0 saturated carbocycles. The van der Waals surface area contributed by atoms with Crippen LogP contribution in [0, 0.1) is 0 Å². The van der Waals surface area contributed by atoms with Crippen molar-refractivity contribution in [3.63, 3.8) is 0 Å². The van der Waals surface area contributed by atoms with Gasteiger partial charge in [0.25, 0.3) is 0 Å². The smallest absolute Gasteiger partial charge is 0.336 e. The summed E-state index contributed by atoms with van der Waals surface area (Å²) < 4.78 is 5.13. The summed E-state index contributed by atoms with van der Waals surface area (Å²) in [5.74, 6) is -0.700. The number of hydrogen-bond acceptors (Lipinski definition) is 3. The summed E-state index contributed by atoms with van der Waals surface area (Å²) in [6, 6.07) is 9.56. The summed E-state index contributed by atoms with van der Waals surface area (Å²) in [6.07, 6.45) is 0.259. The fraction of sp³-hybridized carbons (Fsp3) is 0.333. The molecule has 1 heterocycles. The van der Waals surface area contributed by atoms with Crippen molar-refractivity contribution in [1.29, 1.82) is 0 Å². The number of carbonyl (C=O) groups excluding carboxylic acids is 2. The maximum Gasteiger partial charge on any atom is 0.336 e. The van der Waals surface area contributed by atoms with Crippen LogP contribution in [0.25, 0.3) is 0 Å². The maximum atomic E-state index is 12.2. The number of esters is 1. The lowest BCUT2D eigenvalue weighted by atomic mass is 9.84. The summed E-state index contributed by atoms with van der Waals surface area (Å²) in [7, 11) is 0. The number of halogens is 1. The number of benzene rings is 1. The molecule has 1 aliphatic rings. The Hall–Kier alpha value is -1.62. The van der Waals surface area contributed by atoms with Gasteiger partial charge in [-0.1, -0.05) is 46.3 Å². The third kappa shape index (κ3) is 3.10. The van der Waals surface area contributed by atoms with E-state index in [-0.39, 0.29) is 24.2 Å². The largest absolute Gasteiger partial charge is 0.463 e. The van der Waals surface area contributed by atoms with Gasteiger partial charge in [0.15, 0.2) is 0 Å². The minimum atomic E-state index is -0.365. The molecule has 4 nitrogen and oxygen atoms in total. The van der Waals surface area contributed by atoms with Gasteiger partial charge in [-0.15, -0.1) is 0 Å². The van der Waals surface area contributed by atoms with Crippen molar-refractivity contribution < 1.29 is 14.3 Å². The fourth-order valence-electron chi connectivity index (χ4n) is 2.33. The predicted octanol–water partition coefficient (Wildman–Crippen LogP) is 2.50. The number of rotatable bonds is 4. The summed E-state index contributed by atoms with van der Waals surface area (Å²) in [5, 5.41) is 3.16. The van der Waals surface area contributed by atoms with Crippen LogP contribution in [-0.4, -0.2) is 23.8 Å². The molecule has 1 aromatic carbocycles. The molecule has 2 rings (SSSR count). The Morgan fingerprint density at radius 3 is 2.70 bits per heavy atom. The third-order valence-electron chi connectivity index (χ3n) is 3.18. The first kappa shape index (κ1) is 14.8. The highest BCUT2D eigenvalue weighted by Gasteiger charge is 2.33. The van der Waals surface area contributed by atoms with Gasteiger partial charge >= 0.3 is 5.97 Å². The van der Waals surface area contributed by atoms with Crippen molar-refractivity contribution in [2.45, 2.75) is 19.3 Å². The van der Waals surface area contributed by atoms with E-state index in [1.54, 1.807) is 6.92 Å². The second-order valence-electron chi connectivity index (χ2n) is 4.46. The zero-order valence-corrected chi connectivity index (χ0v) is 12.8. The molecule has 106 valence electrons. The molecule has 1 aromatic rings. The van der Waals surface area contributed by atoms with E-state index in [4.69, 9.17) is 4.74 Å². The SMILES string of the molecule is CCOC(=O)C1=C(CBr)NC(=O)CC1c1ccccc1. The van der Waals surface area contributed by atoms with E-state index in [2.05, 4.69) is 21.2 Å². The van der Waals surface area contributed by atoms with Crippen LogP contribution in [0.15, 0.2) is 41.6 Å². The van der Waals surface area contributed by atoms with Gasteiger partial charge in [0.05, 0.1) is 12.2 Å². The molecule has 1 aliphatic heterocycles. The first-order valence-corrected chi connectivity index (χ1v) is 7.60. The minimum Gasteiger partial charge on any atom is -0.463 e. The van der Waals surface area contributed by atoms with E-state index in [0.29, 0.717) is 23.2 Å². The zero-order valence-electron chi connectivity index (χ0n) is 11.2. The molecule has 0 saturated heterocycles. The normalized spacial score (nSPS) is 18.7. The number of hydrogen-bond donors (Lipinski definition) is 1. The number of alkyl halides is 1. The second kappa shape index (κ2) is 6.70. The van der Waals surface area contributed by atoms with Crippen LogP contribution < -0.4 is 5.32 Å². The zero-order chi connectivity index (χ0) is 14.5. The lowest BCUT2D eigenvalue weighted by Gasteiger charge is -2.27. The molecule has 0 fully saturated rings. The number of carbonyl (C=O) groups is 2. The molecule has 0 aliphatic carbocycles. The molecule has 1 N–H and O–H groups in total. The molecule has 5 heteroatoms. The number of amides is 1. The first-order chi connectivity index (χ1) is 9.67. The van der Waals surface area contributed by atoms with Crippen LogP contribution in [0.5, 0.6) is 0 Å². The predicted molar refractivity (Wildman–Crippen MR) is 79.4 cm³/mol. The second-order valence-corrected chi connectivity index (χ2v) is 5.02. The quantitative estimate of drug-likeness (QED) is 0.678. The minimum absolute atomic E-state index is 0.0821. The Bertz CT molecular complexity index is 539. The van der Waals surface area contributed by atoms with Crippen LogP contribution in [0.1, 0.15) is 24.8 Å². The Morgan fingerprint density at radius 2 is 2.10 bits per heavy atom. The van der Waals surface area contributed by atoms with Crippen molar-refractivity contribution in [3.05, 3.63) is 47.2 Å². The van der Waals surface area contributed by atoms with Gasteiger partial charge in [-0.25, -0.2) is 4.79 Å². The van der Waals surface area contributed by atoms with E-state index in [1.165, 1.54) is 0 Å². The number of nitrogens with one attached hydrogen (secondary N) is 1. The van der Waals surface area contributed by atoms with Crippen LogP contribution in [-0.2, 0) is 14.3 Å². The van der Waals surface area contributed by atoms with Crippen molar-refractivity contribution >= 4 is 27.8 Å².